The van der Waals surface area contributed by atoms with Crippen LogP contribution in [0, 0.1) is 23.1 Å². The molecule has 1 amide bonds. The van der Waals surface area contributed by atoms with Crippen LogP contribution in [-0.4, -0.2) is 11.9 Å². The highest BCUT2D eigenvalue weighted by atomic mass is 35.5. The van der Waals surface area contributed by atoms with Crippen molar-refractivity contribution in [1.29, 1.82) is 5.26 Å². The fourth-order valence-corrected chi connectivity index (χ4v) is 2.37. The van der Waals surface area contributed by atoms with Crippen LogP contribution >= 0.6 is 11.6 Å². The topological polar surface area (TPSA) is 52.9 Å². The number of carbonyl (C=O) groups excluding carboxylic acids is 1. The number of hydrogen-bond acceptors (Lipinski definition) is 2. The molecule has 2 unspecified atom stereocenters. The number of nitrogens with zero attached hydrogens (tertiary/aromatic N) is 1. The number of benzene rings is 1. The van der Waals surface area contributed by atoms with Crippen molar-refractivity contribution in [3.05, 3.63) is 34.6 Å². The van der Waals surface area contributed by atoms with Crippen LogP contribution in [0.5, 0.6) is 0 Å². The van der Waals surface area contributed by atoms with Gasteiger partial charge in [-0.1, -0.05) is 11.6 Å². The van der Waals surface area contributed by atoms with Crippen LogP contribution < -0.4 is 5.32 Å². The average Bonchev–Trinajstić information content (AvgIpc) is 2.76. The van der Waals surface area contributed by atoms with Crippen LogP contribution in [-0.2, 0) is 0 Å². The van der Waals surface area contributed by atoms with Crippen molar-refractivity contribution in [1.82, 2.24) is 5.32 Å². The first-order valence-corrected chi connectivity index (χ1v) is 6.15. The SMILES string of the molecule is N#CC1CCCC1NC(=O)c1ccc(Cl)cc1F. The summed E-state index contributed by atoms with van der Waals surface area (Å²) in [6.07, 6.45) is 2.45. The zero-order chi connectivity index (χ0) is 13.1. The molecule has 0 aliphatic heterocycles. The first kappa shape index (κ1) is 12.8. The number of hydrogen-bond donors (Lipinski definition) is 1. The van der Waals surface area contributed by atoms with Gasteiger partial charge in [-0.15, -0.1) is 0 Å². The molecule has 1 aromatic carbocycles. The van der Waals surface area contributed by atoms with Gasteiger partial charge >= 0.3 is 0 Å². The molecule has 0 radical (unpaired) electrons. The third-order valence-electron chi connectivity index (χ3n) is 3.17. The Hall–Kier alpha value is -1.60. The van der Waals surface area contributed by atoms with Gasteiger partial charge in [-0.25, -0.2) is 4.39 Å². The molecule has 3 nitrogen and oxygen atoms in total. The quantitative estimate of drug-likeness (QED) is 0.895. The van der Waals surface area contributed by atoms with Crippen LogP contribution in [0.1, 0.15) is 29.6 Å². The lowest BCUT2D eigenvalue weighted by molar-refractivity contribution is 0.0929. The molecule has 2 atom stereocenters. The summed E-state index contributed by atoms with van der Waals surface area (Å²) in [6.45, 7) is 0. The zero-order valence-corrected chi connectivity index (χ0v) is 10.4. The van der Waals surface area contributed by atoms with Gasteiger partial charge < -0.3 is 5.32 Å². The van der Waals surface area contributed by atoms with Crippen LogP contribution in [0.4, 0.5) is 4.39 Å². The van der Waals surface area contributed by atoms with E-state index in [4.69, 9.17) is 16.9 Å². The molecule has 1 aliphatic rings. The minimum absolute atomic E-state index is 0.0389. The molecule has 18 heavy (non-hydrogen) atoms. The highest BCUT2D eigenvalue weighted by molar-refractivity contribution is 6.30. The van der Waals surface area contributed by atoms with Crippen LogP contribution in [0.3, 0.4) is 0 Å². The van der Waals surface area contributed by atoms with Crippen LogP contribution in [0.2, 0.25) is 5.02 Å². The number of nitriles is 1. The highest BCUT2D eigenvalue weighted by Crippen LogP contribution is 2.25. The molecule has 0 spiro atoms. The highest BCUT2D eigenvalue weighted by Gasteiger charge is 2.29. The predicted molar refractivity (Wildman–Crippen MR) is 65.6 cm³/mol. The van der Waals surface area contributed by atoms with Crippen molar-refractivity contribution < 1.29 is 9.18 Å². The Labute approximate surface area is 110 Å². The van der Waals surface area contributed by atoms with E-state index in [-0.39, 0.29) is 22.5 Å². The molecule has 0 bridgehead atoms. The summed E-state index contributed by atoms with van der Waals surface area (Å²) in [7, 11) is 0. The molecule has 1 N–H and O–H groups in total. The van der Waals surface area contributed by atoms with Crippen molar-refractivity contribution in [2.75, 3.05) is 0 Å². The fraction of sp³-hybridized carbons (Fsp3) is 0.385. The van der Waals surface area contributed by atoms with E-state index in [9.17, 15) is 9.18 Å². The molecule has 0 heterocycles. The van der Waals surface area contributed by atoms with Gasteiger partial charge in [-0.05, 0) is 37.5 Å². The largest absolute Gasteiger partial charge is 0.348 e. The number of halogens is 2. The summed E-state index contributed by atoms with van der Waals surface area (Å²) in [5.74, 6) is -1.31. The second-order valence-electron chi connectivity index (χ2n) is 4.37. The van der Waals surface area contributed by atoms with Gasteiger partial charge in [0.25, 0.3) is 5.91 Å². The maximum Gasteiger partial charge on any atom is 0.254 e. The summed E-state index contributed by atoms with van der Waals surface area (Å²) in [5.41, 5.74) is -0.0389. The molecule has 5 heteroatoms. The lowest BCUT2D eigenvalue weighted by Gasteiger charge is -2.15. The van der Waals surface area contributed by atoms with Gasteiger partial charge in [0.15, 0.2) is 0 Å². The van der Waals surface area contributed by atoms with E-state index in [0.717, 1.165) is 25.3 Å². The van der Waals surface area contributed by atoms with E-state index < -0.39 is 11.7 Å². The summed E-state index contributed by atoms with van der Waals surface area (Å²) < 4.78 is 13.5. The van der Waals surface area contributed by atoms with Gasteiger partial charge in [0, 0.05) is 11.1 Å². The molecular weight excluding hydrogens is 255 g/mol. The van der Waals surface area contributed by atoms with Gasteiger partial charge in [0.05, 0.1) is 17.6 Å². The summed E-state index contributed by atoms with van der Waals surface area (Å²) in [6, 6.07) is 5.90. The number of rotatable bonds is 2. The maximum atomic E-state index is 13.5. The summed E-state index contributed by atoms with van der Waals surface area (Å²) in [5, 5.41) is 11.9. The standard InChI is InChI=1S/C13H12ClFN2O/c14-9-4-5-10(11(15)6-9)13(18)17-12-3-1-2-8(12)7-16/h4-6,8,12H,1-3H2,(H,17,18). The molecule has 0 aromatic heterocycles. The van der Waals surface area contributed by atoms with E-state index in [1.807, 2.05) is 0 Å². The molecule has 2 rings (SSSR count). The van der Waals surface area contributed by atoms with E-state index >= 15 is 0 Å². The zero-order valence-electron chi connectivity index (χ0n) is 9.62. The van der Waals surface area contributed by atoms with Gasteiger partial charge in [-0.3, -0.25) is 4.79 Å². The maximum absolute atomic E-state index is 13.5. The van der Waals surface area contributed by atoms with Crippen LogP contribution in [0.15, 0.2) is 18.2 Å². The van der Waals surface area contributed by atoms with Gasteiger partial charge in [0.1, 0.15) is 5.82 Å². The number of carbonyl (C=O) groups is 1. The van der Waals surface area contributed by atoms with Gasteiger partial charge in [-0.2, -0.15) is 5.26 Å². The molecule has 94 valence electrons. The fourth-order valence-electron chi connectivity index (χ4n) is 2.21. The lowest BCUT2D eigenvalue weighted by atomic mass is 10.1. The van der Waals surface area contributed by atoms with E-state index in [1.165, 1.54) is 12.1 Å². The molecular formula is C13H12ClFN2O. The second kappa shape index (κ2) is 5.36. The third kappa shape index (κ3) is 2.62. The number of nitrogens with one attached hydrogen (secondary N) is 1. The Kier molecular flexibility index (Phi) is 3.83. The Morgan fingerprint density at radius 3 is 2.94 bits per heavy atom. The van der Waals surface area contributed by atoms with Crippen molar-refractivity contribution in [3.8, 4) is 6.07 Å². The smallest absolute Gasteiger partial charge is 0.254 e. The summed E-state index contributed by atoms with van der Waals surface area (Å²) >= 11 is 5.62. The minimum Gasteiger partial charge on any atom is -0.348 e. The monoisotopic (exact) mass is 266 g/mol. The van der Waals surface area contributed by atoms with Crippen molar-refractivity contribution in [2.45, 2.75) is 25.3 Å². The van der Waals surface area contributed by atoms with Crippen molar-refractivity contribution in [3.63, 3.8) is 0 Å². The molecule has 0 saturated heterocycles. The lowest BCUT2D eigenvalue weighted by Crippen LogP contribution is -2.37. The van der Waals surface area contributed by atoms with Crippen LogP contribution in [0.25, 0.3) is 0 Å². The first-order chi connectivity index (χ1) is 8.61. The first-order valence-electron chi connectivity index (χ1n) is 5.77. The third-order valence-corrected chi connectivity index (χ3v) is 3.41. The molecule has 1 aromatic rings. The normalized spacial score (nSPS) is 22.5. The van der Waals surface area contributed by atoms with E-state index in [2.05, 4.69) is 11.4 Å². The predicted octanol–water partition coefficient (Wildman–Crippen LogP) is 2.90. The van der Waals surface area contributed by atoms with Gasteiger partial charge in [0.2, 0.25) is 0 Å². The Morgan fingerprint density at radius 2 is 2.28 bits per heavy atom. The second-order valence-corrected chi connectivity index (χ2v) is 4.81. The Balaban J connectivity index is 2.10. The molecule has 1 saturated carbocycles. The number of amides is 1. The summed E-state index contributed by atoms with van der Waals surface area (Å²) in [4.78, 5) is 11.9. The minimum atomic E-state index is -0.647. The molecule has 1 fully saturated rings. The average molecular weight is 267 g/mol. The van der Waals surface area contributed by atoms with Crippen molar-refractivity contribution in [2.24, 2.45) is 5.92 Å². The van der Waals surface area contributed by atoms with Crippen molar-refractivity contribution >= 4 is 17.5 Å². The van der Waals surface area contributed by atoms with E-state index in [0.29, 0.717) is 0 Å². The Bertz CT molecular complexity index is 512. The van der Waals surface area contributed by atoms with E-state index in [1.54, 1.807) is 0 Å². The Morgan fingerprint density at radius 1 is 1.50 bits per heavy atom. The molecule has 1 aliphatic carbocycles.